The quantitative estimate of drug-likeness (QED) is 0.912. The van der Waals surface area contributed by atoms with E-state index >= 15 is 0 Å². The highest BCUT2D eigenvalue weighted by Gasteiger charge is 2.43. The van der Waals surface area contributed by atoms with Gasteiger partial charge in [0, 0.05) is 5.92 Å². The largest absolute Gasteiger partial charge is 0.444 e. The molecule has 3 unspecified atom stereocenters. The summed E-state index contributed by atoms with van der Waals surface area (Å²) in [6, 6.07) is -0.0317. The Morgan fingerprint density at radius 2 is 2.16 bits per heavy atom. The number of alkyl halides is 3. The van der Waals surface area contributed by atoms with Gasteiger partial charge in [-0.2, -0.15) is 13.2 Å². The van der Waals surface area contributed by atoms with Crippen molar-refractivity contribution in [2.24, 2.45) is 5.92 Å². The van der Waals surface area contributed by atoms with Crippen molar-refractivity contribution in [3.8, 4) is 0 Å². The molecular formula is C13H19F3N2O. The average Bonchev–Trinajstić information content (AvgIpc) is 2.86. The van der Waals surface area contributed by atoms with Crippen LogP contribution in [0.15, 0.2) is 10.6 Å². The molecule has 1 fully saturated rings. The summed E-state index contributed by atoms with van der Waals surface area (Å²) in [5.41, 5.74) is 0. The second-order valence-electron chi connectivity index (χ2n) is 5.21. The zero-order valence-electron chi connectivity index (χ0n) is 11.1. The van der Waals surface area contributed by atoms with Gasteiger partial charge in [-0.15, -0.1) is 0 Å². The van der Waals surface area contributed by atoms with Gasteiger partial charge in [-0.3, -0.25) is 0 Å². The van der Waals surface area contributed by atoms with Gasteiger partial charge >= 0.3 is 6.18 Å². The summed E-state index contributed by atoms with van der Waals surface area (Å²) < 4.78 is 43.9. The third-order valence-electron chi connectivity index (χ3n) is 3.88. The molecule has 1 aromatic rings. The molecule has 0 amide bonds. The van der Waals surface area contributed by atoms with Crippen molar-refractivity contribution >= 4 is 0 Å². The number of rotatable bonds is 3. The van der Waals surface area contributed by atoms with Crippen LogP contribution in [0.2, 0.25) is 0 Å². The van der Waals surface area contributed by atoms with E-state index in [4.69, 9.17) is 4.42 Å². The summed E-state index contributed by atoms with van der Waals surface area (Å²) in [5.74, 6) is -0.245. The predicted molar refractivity (Wildman–Crippen MR) is 64.7 cm³/mol. The van der Waals surface area contributed by atoms with Crippen LogP contribution >= 0.6 is 0 Å². The van der Waals surface area contributed by atoms with Crippen LogP contribution in [0.5, 0.6) is 0 Å². The lowest BCUT2D eigenvalue weighted by atomic mass is 9.80. The second kappa shape index (κ2) is 5.53. The Bertz CT molecular complexity index is 416. The number of halogens is 3. The zero-order chi connectivity index (χ0) is 14.0. The highest BCUT2D eigenvalue weighted by atomic mass is 19.4. The van der Waals surface area contributed by atoms with E-state index in [2.05, 4.69) is 10.3 Å². The first kappa shape index (κ1) is 14.4. The minimum absolute atomic E-state index is 0.0317. The van der Waals surface area contributed by atoms with Gasteiger partial charge in [-0.05, 0) is 33.2 Å². The Labute approximate surface area is 110 Å². The van der Waals surface area contributed by atoms with Gasteiger partial charge in [0.15, 0.2) is 0 Å². The molecule has 0 bridgehead atoms. The van der Waals surface area contributed by atoms with E-state index in [0.717, 1.165) is 6.42 Å². The standard InChI is InChI=1S/C13H19F3N2O/c1-8(17-2)12-18-7-11(19-12)9-4-3-5-10(6-9)13(14,15)16/h7-10,17H,3-6H2,1-2H3. The second-order valence-corrected chi connectivity index (χ2v) is 5.21. The molecule has 1 saturated carbocycles. The summed E-state index contributed by atoms with van der Waals surface area (Å²) in [7, 11) is 1.79. The summed E-state index contributed by atoms with van der Waals surface area (Å²) in [5, 5.41) is 2.99. The maximum atomic E-state index is 12.8. The van der Waals surface area contributed by atoms with Gasteiger partial charge in [-0.25, -0.2) is 4.98 Å². The van der Waals surface area contributed by atoms with E-state index in [0.29, 0.717) is 18.1 Å². The van der Waals surface area contributed by atoms with Crippen molar-refractivity contribution in [3.05, 3.63) is 17.8 Å². The molecule has 19 heavy (non-hydrogen) atoms. The van der Waals surface area contributed by atoms with Gasteiger partial charge in [0.05, 0.1) is 18.2 Å². The van der Waals surface area contributed by atoms with Crippen molar-refractivity contribution in [1.29, 1.82) is 0 Å². The van der Waals surface area contributed by atoms with Crippen molar-refractivity contribution in [2.45, 2.75) is 50.7 Å². The van der Waals surface area contributed by atoms with Crippen molar-refractivity contribution < 1.29 is 17.6 Å². The summed E-state index contributed by atoms with van der Waals surface area (Å²) >= 11 is 0. The number of nitrogens with zero attached hydrogens (tertiary/aromatic N) is 1. The Hall–Kier alpha value is -1.04. The molecule has 0 aromatic carbocycles. The normalized spacial score (nSPS) is 26.4. The zero-order valence-corrected chi connectivity index (χ0v) is 11.1. The molecular weight excluding hydrogens is 257 g/mol. The van der Waals surface area contributed by atoms with Crippen LogP contribution in [0.1, 0.15) is 56.2 Å². The first-order valence-electron chi connectivity index (χ1n) is 6.61. The van der Waals surface area contributed by atoms with Crippen LogP contribution in [0, 0.1) is 5.92 Å². The fourth-order valence-corrected chi connectivity index (χ4v) is 2.56. The number of hydrogen-bond donors (Lipinski definition) is 1. The third-order valence-corrected chi connectivity index (χ3v) is 3.88. The number of oxazole rings is 1. The number of nitrogens with one attached hydrogen (secondary N) is 1. The van der Waals surface area contributed by atoms with Crippen molar-refractivity contribution in [3.63, 3.8) is 0 Å². The van der Waals surface area contributed by atoms with Crippen LogP contribution in [-0.4, -0.2) is 18.2 Å². The third kappa shape index (κ3) is 3.29. The topological polar surface area (TPSA) is 38.1 Å². The van der Waals surface area contributed by atoms with Gasteiger partial charge in [0.1, 0.15) is 5.76 Å². The monoisotopic (exact) mass is 276 g/mol. The number of hydrogen-bond acceptors (Lipinski definition) is 3. The molecule has 1 aliphatic rings. The fraction of sp³-hybridized carbons (Fsp3) is 0.769. The molecule has 0 saturated heterocycles. The van der Waals surface area contributed by atoms with Gasteiger partial charge in [0.25, 0.3) is 0 Å². The Morgan fingerprint density at radius 3 is 2.79 bits per heavy atom. The van der Waals surface area contributed by atoms with E-state index in [1.54, 1.807) is 13.2 Å². The minimum atomic E-state index is -4.10. The summed E-state index contributed by atoms with van der Waals surface area (Å²) in [6.07, 6.45) is -0.839. The first-order chi connectivity index (χ1) is 8.91. The van der Waals surface area contributed by atoms with Crippen LogP contribution in [0.3, 0.4) is 0 Å². The van der Waals surface area contributed by atoms with Crippen LogP contribution in [0.4, 0.5) is 13.2 Å². The fourth-order valence-electron chi connectivity index (χ4n) is 2.56. The van der Waals surface area contributed by atoms with Crippen LogP contribution in [-0.2, 0) is 0 Å². The number of aromatic nitrogens is 1. The highest BCUT2D eigenvalue weighted by molar-refractivity contribution is 5.05. The molecule has 2 rings (SSSR count). The van der Waals surface area contributed by atoms with Gasteiger partial charge in [-0.1, -0.05) is 6.42 Å². The molecule has 1 N–H and O–H groups in total. The van der Waals surface area contributed by atoms with E-state index < -0.39 is 12.1 Å². The van der Waals surface area contributed by atoms with E-state index in [1.165, 1.54) is 0 Å². The van der Waals surface area contributed by atoms with Crippen LogP contribution in [0.25, 0.3) is 0 Å². The average molecular weight is 276 g/mol. The maximum absolute atomic E-state index is 12.8. The van der Waals surface area contributed by atoms with Crippen LogP contribution < -0.4 is 5.32 Å². The molecule has 3 atom stereocenters. The summed E-state index contributed by atoms with van der Waals surface area (Å²) in [6.45, 7) is 1.90. The SMILES string of the molecule is CNC(C)c1ncc(C2CCCC(C(F)(F)F)C2)o1. The first-order valence-corrected chi connectivity index (χ1v) is 6.61. The van der Waals surface area contributed by atoms with E-state index in [-0.39, 0.29) is 24.8 Å². The molecule has 0 radical (unpaired) electrons. The lowest BCUT2D eigenvalue weighted by molar-refractivity contribution is -0.183. The molecule has 0 spiro atoms. The van der Waals surface area contributed by atoms with Gasteiger partial charge < -0.3 is 9.73 Å². The van der Waals surface area contributed by atoms with Crippen molar-refractivity contribution in [1.82, 2.24) is 10.3 Å². The molecule has 6 heteroatoms. The molecule has 3 nitrogen and oxygen atoms in total. The molecule has 1 aliphatic carbocycles. The molecule has 1 aromatic heterocycles. The molecule has 0 aliphatic heterocycles. The predicted octanol–water partition coefficient (Wildman–Crippen LogP) is 3.79. The Morgan fingerprint density at radius 1 is 1.42 bits per heavy atom. The van der Waals surface area contributed by atoms with E-state index in [1.807, 2.05) is 6.92 Å². The van der Waals surface area contributed by atoms with Gasteiger partial charge in [0.2, 0.25) is 5.89 Å². The highest BCUT2D eigenvalue weighted by Crippen LogP contribution is 2.43. The summed E-state index contributed by atoms with van der Waals surface area (Å²) in [4.78, 5) is 4.14. The lowest BCUT2D eigenvalue weighted by Crippen LogP contribution is -2.27. The van der Waals surface area contributed by atoms with E-state index in [9.17, 15) is 13.2 Å². The molecule has 108 valence electrons. The Balaban J connectivity index is 2.07. The van der Waals surface area contributed by atoms with Crippen molar-refractivity contribution in [2.75, 3.05) is 7.05 Å². The minimum Gasteiger partial charge on any atom is -0.444 e. The molecule has 1 heterocycles. The smallest absolute Gasteiger partial charge is 0.391 e. The lowest BCUT2D eigenvalue weighted by Gasteiger charge is -2.29. The maximum Gasteiger partial charge on any atom is 0.391 e. The Kier molecular flexibility index (Phi) is 4.18.